The minimum absolute atomic E-state index is 0.158. The summed E-state index contributed by atoms with van der Waals surface area (Å²) in [6, 6.07) is -0.819. The largest absolute Gasteiger partial charge is 0.480 e. The second kappa shape index (κ2) is 8.11. The molecule has 0 heterocycles. The Balaban J connectivity index is 4.01. The molecule has 0 spiro atoms. The number of carboxylic acids is 1. The Labute approximate surface area is 110 Å². The van der Waals surface area contributed by atoms with Gasteiger partial charge in [0.25, 0.3) is 0 Å². The fraction of sp³-hybridized carbons (Fsp3) is 0.857. The van der Waals surface area contributed by atoms with Crippen molar-refractivity contribution in [2.75, 3.05) is 0 Å². The van der Waals surface area contributed by atoms with E-state index in [1.165, 1.54) is 12.8 Å². The molecule has 0 saturated heterocycles. The highest BCUT2D eigenvalue weighted by atomic mass is 16.4. The molecule has 18 heavy (non-hydrogen) atoms. The smallest absolute Gasteiger partial charge is 0.326 e. The second-order valence-corrected chi connectivity index (χ2v) is 5.87. The third kappa shape index (κ3) is 7.30. The first kappa shape index (κ1) is 16.9. The lowest BCUT2D eigenvalue weighted by atomic mass is 9.86. The lowest BCUT2D eigenvalue weighted by Gasteiger charge is -2.27. The minimum atomic E-state index is -0.971. The summed E-state index contributed by atoms with van der Waals surface area (Å²) in [6.07, 6.45) is 5.81. The number of hydrogen-bond acceptors (Lipinski definition) is 2. The van der Waals surface area contributed by atoms with Crippen LogP contribution in [-0.4, -0.2) is 23.0 Å². The van der Waals surface area contributed by atoms with Crippen LogP contribution in [0.15, 0.2) is 0 Å². The highest BCUT2D eigenvalue weighted by molar-refractivity contribution is 5.84. The second-order valence-electron chi connectivity index (χ2n) is 5.87. The van der Waals surface area contributed by atoms with E-state index in [9.17, 15) is 9.59 Å². The number of carbonyl (C=O) groups excluding carboxylic acids is 1. The standard InChI is InChI=1S/C14H27NO3/c1-5-6-7-8-9-10-11(16)15-12(13(17)18)14(2,3)4/h12H,5-10H2,1-4H3,(H,15,16)(H,17,18)/t12-/m0/s1. The Bertz CT molecular complexity index is 269. The predicted octanol–water partition coefficient (Wildman–Crippen LogP) is 2.96. The maximum atomic E-state index is 11.7. The van der Waals surface area contributed by atoms with Gasteiger partial charge in [-0.05, 0) is 11.8 Å². The van der Waals surface area contributed by atoms with Crippen LogP contribution in [0.2, 0.25) is 0 Å². The quantitative estimate of drug-likeness (QED) is 0.657. The number of carbonyl (C=O) groups is 2. The van der Waals surface area contributed by atoms with Gasteiger partial charge in [0, 0.05) is 6.42 Å². The van der Waals surface area contributed by atoms with E-state index in [1.54, 1.807) is 0 Å². The van der Waals surface area contributed by atoms with Gasteiger partial charge in [0.2, 0.25) is 5.91 Å². The first-order chi connectivity index (χ1) is 8.29. The van der Waals surface area contributed by atoms with Gasteiger partial charge in [0.15, 0.2) is 0 Å². The van der Waals surface area contributed by atoms with Crippen molar-refractivity contribution in [2.24, 2.45) is 5.41 Å². The molecule has 0 saturated carbocycles. The first-order valence-electron chi connectivity index (χ1n) is 6.81. The van der Waals surface area contributed by atoms with Gasteiger partial charge in [-0.15, -0.1) is 0 Å². The molecule has 0 bridgehead atoms. The summed E-state index contributed by atoms with van der Waals surface area (Å²) in [4.78, 5) is 22.7. The molecule has 4 heteroatoms. The summed E-state index contributed by atoms with van der Waals surface area (Å²) in [5, 5.41) is 11.7. The molecule has 4 nitrogen and oxygen atoms in total. The molecular weight excluding hydrogens is 230 g/mol. The Morgan fingerprint density at radius 1 is 1.11 bits per heavy atom. The first-order valence-corrected chi connectivity index (χ1v) is 6.81. The third-order valence-corrected chi connectivity index (χ3v) is 2.93. The van der Waals surface area contributed by atoms with Crippen molar-refractivity contribution >= 4 is 11.9 Å². The molecule has 0 aliphatic rings. The molecule has 0 radical (unpaired) electrons. The van der Waals surface area contributed by atoms with Crippen LogP contribution in [0.3, 0.4) is 0 Å². The Morgan fingerprint density at radius 3 is 2.11 bits per heavy atom. The van der Waals surface area contributed by atoms with Crippen molar-refractivity contribution in [3.8, 4) is 0 Å². The molecule has 1 atom stereocenters. The van der Waals surface area contributed by atoms with Crippen LogP contribution in [-0.2, 0) is 9.59 Å². The van der Waals surface area contributed by atoms with Gasteiger partial charge in [0.1, 0.15) is 6.04 Å². The Kier molecular flexibility index (Phi) is 7.64. The van der Waals surface area contributed by atoms with Crippen molar-refractivity contribution < 1.29 is 14.7 Å². The van der Waals surface area contributed by atoms with Crippen LogP contribution in [0.4, 0.5) is 0 Å². The van der Waals surface area contributed by atoms with Crippen molar-refractivity contribution in [3.05, 3.63) is 0 Å². The number of unbranched alkanes of at least 4 members (excludes halogenated alkanes) is 4. The number of aliphatic carboxylic acids is 1. The molecule has 0 aromatic heterocycles. The van der Waals surface area contributed by atoms with Gasteiger partial charge in [0.05, 0.1) is 0 Å². The van der Waals surface area contributed by atoms with Crippen LogP contribution in [0.1, 0.15) is 66.2 Å². The average molecular weight is 257 g/mol. The summed E-state index contributed by atoms with van der Waals surface area (Å²) in [5.41, 5.74) is -0.469. The van der Waals surface area contributed by atoms with Crippen molar-refractivity contribution in [1.29, 1.82) is 0 Å². The summed E-state index contributed by atoms with van der Waals surface area (Å²) in [6.45, 7) is 7.58. The fourth-order valence-electron chi connectivity index (χ4n) is 1.77. The predicted molar refractivity (Wildman–Crippen MR) is 72.4 cm³/mol. The summed E-state index contributed by atoms with van der Waals surface area (Å²) < 4.78 is 0. The van der Waals surface area contributed by atoms with Gasteiger partial charge in [-0.3, -0.25) is 4.79 Å². The number of amides is 1. The zero-order valence-electron chi connectivity index (χ0n) is 12.1. The van der Waals surface area contributed by atoms with Crippen LogP contribution in [0.25, 0.3) is 0 Å². The number of hydrogen-bond donors (Lipinski definition) is 2. The summed E-state index contributed by atoms with van der Waals surface area (Å²) >= 11 is 0. The SMILES string of the molecule is CCCCCCCC(=O)N[C@@H](C(=O)O)C(C)(C)C. The molecule has 0 fully saturated rings. The highest BCUT2D eigenvalue weighted by Gasteiger charge is 2.32. The van der Waals surface area contributed by atoms with E-state index in [2.05, 4.69) is 12.2 Å². The highest BCUT2D eigenvalue weighted by Crippen LogP contribution is 2.19. The van der Waals surface area contributed by atoms with Gasteiger partial charge in [-0.1, -0.05) is 53.4 Å². The number of carboxylic acid groups (broad SMARTS) is 1. The maximum Gasteiger partial charge on any atom is 0.326 e. The monoisotopic (exact) mass is 257 g/mol. The number of rotatable bonds is 8. The summed E-state index contributed by atoms with van der Waals surface area (Å²) in [7, 11) is 0. The van der Waals surface area contributed by atoms with E-state index in [1.807, 2.05) is 20.8 Å². The normalized spacial score (nSPS) is 13.1. The van der Waals surface area contributed by atoms with Gasteiger partial charge in [-0.2, -0.15) is 0 Å². The molecule has 0 rings (SSSR count). The molecule has 1 amide bonds. The van der Waals surface area contributed by atoms with Gasteiger partial charge < -0.3 is 10.4 Å². The molecule has 0 aromatic carbocycles. The molecule has 106 valence electrons. The average Bonchev–Trinajstić information content (AvgIpc) is 2.23. The molecule has 0 unspecified atom stereocenters. The third-order valence-electron chi connectivity index (χ3n) is 2.93. The lowest BCUT2D eigenvalue weighted by Crippen LogP contribution is -2.49. The van der Waals surface area contributed by atoms with Crippen LogP contribution < -0.4 is 5.32 Å². The molecule has 0 aliphatic heterocycles. The molecule has 0 aromatic rings. The Morgan fingerprint density at radius 2 is 1.67 bits per heavy atom. The van der Waals surface area contributed by atoms with Gasteiger partial charge >= 0.3 is 5.97 Å². The van der Waals surface area contributed by atoms with Crippen molar-refractivity contribution in [2.45, 2.75) is 72.3 Å². The van der Waals surface area contributed by atoms with Crippen LogP contribution >= 0.6 is 0 Å². The molecular formula is C14H27NO3. The van der Waals surface area contributed by atoms with Crippen molar-refractivity contribution in [3.63, 3.8) is 0 Å². The minimum Gasteiger partial charge on any atom is -0.480 e. The van der Waals surface area contributed by atoms with Crippen molar-refractivity contribution in [1.82, 2.24) is 5.32 Å². The molecule has 0 aliphatic carbocycles. The van der Waals surface area contributed by atoms with E-state index in [0.29, 0.717) is 6.42 Å². The van der Waals surface area contributed by atoms with Crippen LogP contribution in [0.5, 0.6) is 0 Å². The number of nitrogens with one attached hydrogen (secondary N) is 1. The van der Waals surface area contributed by atoms with E-state index in [4.69, 9.17) is 5.11 Å². The molecule has 2 N–H and O–H groups in total. The zero-order chi connectivity index (χ0) is 14.2. The summed E-state index contributed by atoms with van der Waals surface area (Å²) in [5.74, 6) is -1.13. The zero-order valence-corrected chi connectivity index (χ0v) is 12.1. The van der Waals surface area contributed by atoms with E-state index in [-0.39, 0.29) is 5.91 Å². The lowest BCUT2D eigenvalue weighted by molar-refractivity contribution is -0.144. The topological polar surface area (TPSA) is 66.4 Å². The van der Waals surface area contributed by atoms with E-state index < -0.39 is 17.4 Å². The Hall–Kier alpha value is -1.06. The van der Waals surface area contributed by atoms with Gasteiger partial charge in [-0.25, -0.2) is 4.79 Å². The van der Waals surface area contributed by atoms with E-state index in [0.717, 1.165) is 19.3 Å². The maximum absolute atomic E-state index is 11.7. The fourth-order valence-corrected chi connectivity index (χ4v) is 1.77. The van der Waals surface area contributed by atoms with E-state index >= 15 is 0 Å². The van der Waals surface area contributed by atoms with Crippen LogP contribution in [0, 0.1) is 5.41 Å².